The standard InChI is InChI=1S/C18H30FN3O2S.HI/c1-6-20-17(21-10-9-18(2,3)4)22-12-15-11-16(19)8-7-14(15)13-25(5,23)24;/h7-8,11H,6,9-10,12-13H2,1-5H3,(H2,20,21,22);1H. The van der Waals surface area contributed by atoms with E-state index in [1.165, 1.54) is 24.5 Å². The van der Waals surface area contributed by atoms with Gasteiger partial charge in [0.1, 0.15) is 5.82 Å². The van der Waals surface area contributed by atoms with Crippen molar-refractivity contribution < 1.29 is 12.8 Å². The first-order valence-corrected chi connectivity index (χ1v) is 10.5. The van der Waals surface area contributed by atoms with Crippen LogP contribution in [0.4, 0.5) is 4.39 Å². The summed E-state index contributed by atoms with van der Waals surface area (Å²) in [6, 6.07) is 4.14. The van der Waals surface area contributed by atoms with Crippen molar-refractivity contribution in [1.82, 2.24) is 10.6 Å². The molecule has 2 N–H and O–H groups in total. The van der Waals surface area contributed by atoms with Crippen LogP contribution in [-0.2, 0) is 22.1 Å². The Morgan fingerprint density at radius 2 is 1.85 bits per heavy atom. The van der Waals surface area contributed by atoms with Crippen molar-refractivity contribution in [2.75, 3.05) is 19.3 Å². The molecule has 150 valence electrons. The number of rotatable bonds is 7. The summed E-state index contributed by atoms with van der Waals surface area (Å²) in [6.45, 7) is 10.2. The number of sulfone groups is 1. The molecule has 0 amide bonds. The fourth-order valence-corrected chi connectivity index (χ4v) is 3.07. The molecule has 26 heavy (non-hydrogen) atoms. The lowest BCUT2D eigenvalue weighted by Crippen LogP contribution is -2.38. The number of guanidine groups is 1. The van der Waals surface area contributed by atoms with Gasteiger partial charge in [0, 0.05) is 19.3 Å². The van der Waals surface area contributed by atoms with E-state index in [9.17, 15) is 12.8 Å². The number of benzene rings is 1. The van der Waals surface area contributed by atoms with Gasteiger partial charge in [-0.05, 0) is 42.0 Å². The van der Waals surface area contributed by atoms with Crippen molar-refractivity contribution in [3.05, 3.63) is 35.1 Å². The molecule has 0 aliphatic heterocycles. The molecule has 0 aliphatic rings. The van der Waals surface area contributed by atoms with Crippen LogP contribution >= 0.6 is 24.0 Å². The molecule has 0 heterocycles. The van der Waals surface area contributed by atoms with Crippen LogP contribution in [0.25, 0.3) is 0 Å². The summed E-state index contributed by atoms with van der Waals surface area (Å²) in [5.41, 5.74) is 1.38. The lowest BCUT2D eigenvalue weighted by Gasteiger charge is -2.19. The van der Waals surface area contributed by atoms with Gasteiger partial charge in [-0.25, -0.2) is 17.8 Å². The maximum Gasteiger partial charge on any atom is 0.191 e. The van der Waals surface area contributed by atoms with Crippen molar-refractivity contribution in [2.45, 2.75) is 46.4 Å². The van der Waals surface area contributed by atoms with E-state index in [2.05, 4.69) is 36.4 Å². The number of aliphatic imine (C=N–C) groups is 1. The molecular weight excluding hydrogens is 468 g/mol. The highest BCUT2D eigenvalue weighted by molar-refractivity contribution is 14.0. The van der Waals surface area contributed by atoms with Crippen LogP contribution in [0.15, 0.2) is 23.2 Å². The zero-order chi connectivity index (χ0) is 19.1. The predicted octanol–water partition coefficient (Wildman–Crippen LogP) is 3.48. The molecule has 0 spiro atoms. The van der Waals surface area contributed by atoms with Gasteiger partial charge >= 0.3 is 0 Å². The third-order valence-corrected chi connectivity index (χ3v) is 4.34. The van der Waals surface area contributed by atoms with E-state index in [0.29, 0.717) is 23.6 Å². The van der Waals surface area contributed by atoms with Gasteiger partial charge in [-0.3, -0.25) is 0 Å². The molecule has 0 fully saturated rings. The van der Waals surface area contributed by atoms with Crippen molar-refractivity contribution in [2.24, 2.45) is 10.4 Å². The fourth-order valence-electron chi connectivity index (χ4n) is 2.23. The van der Waals surface area contributed by atoms with Gasteiger partial charge in [-0.1, -0.05) is 26.8 Å². The Morgan fingerprint density at radius 1 is 1.19 bits per heavy atom. The Balaban J connectivity index is 0.00000625. The number of nitrogens with zero attached hydrogens (tertiary/aromatic N) is 1. The predicted molar refractivity (Wildman–Crippen MR) is 117 cm³/mol. The second-order valence-electron chi connectivity index (χ2n) is 7.42. The van der Waals surface area contributed by atoms with Gasteiger partial charge < -0.3 is 10.6 Å². The Labute approximate surface area is 174 Å². The van der Waals surface area contributed by atoms with Gasteiger partial charge in [0.15, 0.2) is 15.8 Å². The summed E-state index contributed by atoms with van der Waals surface area (Å²) in [6.07, 6.45) is 2.15. The Hall–Kier alpha value is -0.900. The molecule has 0 saturated heterocycles. The highest BCUT2D eigenvalue weighted by Gasteiger charge is 2.12. The number of hydrogen-bond donors (Lipinski definition) is 2. The van der Waals surface area contributed by atoms with Crippen LogP contribution in [0.5, 0.6) is 0 Å². The van der Waals surface area contributed by atoms with Crippen LogP contribution in [-0.4, -0.2) is 33.7 Å². The zero-order valence-corrected chi connectivity index (χ0v) is 19.4. The molecule has 5 nitrogen and oxygen atoms in total. The Bertz CT molecular complexity index is 701. The monoisotopic (exact) mass is 499 g/mol. The summed E-state index contributed by atoms with van der Waals surface area (Å²) in [5, 5.41) is 6.41. The molecule has 1 rings (SSSR count). The zero-order valence-electron chi connectivity index (χ0n) is 16.2. The number of halogens is 2. The summed E-state index contributed by atoms with van der Waals surface area (Å²) in [4.78, 5) is 4.47. The molecule has 0 aliphatic carbocycles. The molecule has 8 heteroatoms. The van der Waals surface area contributed by atoms with E-state index in [4.69, 9.17) is 0 Å². The third-order valence-electron chi connectivity index (χ3n) is 3.51. The highest BCUT2D eigenvalue weighted by atomic mass is 127. The van der Waals surface area contributed by atoms with E-state index >= 15 is 0 Å². The van der Waals surface area contributed by atoms with E-state index in [1.54, 1.807) is 0 Å². The number of hydrogen-bond acceptors (Lipinski definition) is 3. The molecule has 0 atom stereocenters. The first-order valence-electron chi connectivity index (χ1n) is 8.47. The Kier molecular flexibility index (Phi) is 10.7. The molecule has 0 aromatic heterocycles. The lowest BCUT2D eigenvalue weighted by atomic mass is 9.92. The molecule has 0 unspecified atom stereocenters. The largest absolute Gasteiger partial charge is 0.357 e. The van der Waals surface area contributed by atoms with Crippen molar-refractivity contribution in [3.63, 3.8) is 0 Å². The summed E-state index contributed by atoms with van der Waals surface area (Å²) < 4.78 is 36.7. The molecule has 1 aromatic rings. The van der Waals surface area contributed by atoms with Crippen molar-refractivity contribution in [1.29, 1.82) is 0 Å². The van der Waals surface area contributed by atoms with Crippen molar-refractivity contribution in [3.8, 4) is 0 Å². The van der Waals surface area contributed by atoms with E-state index in [1.807, 2.05) is 6.92 Å². The van der Waals surface area contributed by atoms with E-state index in [-0.39, 0.29) is 41.7 Å². The first kappa shape index (κ1) is 25.1. The number of nitrogens with one attached hydrogen (secondary N) is 2. The molecular formula is C18H31FIN3O2S. The second kappa shape index (κ2) is 11.1. The van der Waals surface area contributed by atoms with Crippen molar-refractivity contribution >= 4 is 39.8 Å². The summed E-state index contributed by atoms with van der Waals surface area (Å²) in [5.74, 6) is 0.126. The fraction of sp³-hybridized carbons (Fsp3) is 0.611. The average Bonchev–Trinajstić information content (AvgIpc) is 2.44. The van der Waals surface area contributed by atoms with Gasteiger partial charge in [0.2, 0.25) is 0 Å². The third kappa shape index (κ3) is 10.9. The van der Waals surface area contributed by atoms with Crippen LogP contribution in [0.2, 0.25) is 0 Å². The van der Waals surface area contributed by atoms with Crippen LogP contribution in [0.3, 0.4) is 0 Å². The minimum absolute atomic E-state index is 0. The quantitative estimate of drug-likeness (QED) is 0.343. The van der Waals surface area contributed by atoms with Crippen LogP contribution in [0.1, 0.15) is 45.2 Å². The lowest BCUT2D eigenvalue weighted by molar-refractivity contribution is 0.377. The summed E-state index contributed by atoms with van der Waals surface area (Å²) >= 11 is 0. The van der Waals surface area contributed by atoms with E-state index in [0.717, 1.165) is 13.0 Å². The minimum atomic E-state index is -3.19. The summed E-state index contributed by atoms with van der Waals surface area (Å²) in [7, 11) is -3.19. The molecule has 0 radical (unpaired) electrons. The average molecular weight is 499 g/mol. The maximum atomic E-state index is 13.6. The smallest absolute Gasteiger partial charge is 0.191 e. The normalized spacial score (nSPS) is 12.5. The maximum absolute atomic E-state index is 13.6. The van der Waals surface area contributed by atoms with Gasteiger partial charge in [-0.15, -0.1) is 24.0 Å². The minimum Gasteiger partial charge on any atom is -0.357 e. The first-order chi connectivity index (χ1) is 11.5. The van der Waals surface area contributed by atoms with Gasteiger partial charge in [0.05, 0.1) is 12.3 Å². The van der Waals surface area contributed by atoms with Gasteiger partial charge in [0.25, 0.3) is 0 Å². The Morgan fingerprint density at radius 3 is 2.38 bits per heavy atom. The SMILES string of the molecule is CCNC(=NCc1cc(F)ccc1CS(C)(=O)=O)NCCC(C)(C)C.I. The second-order valence-corrected chi connectivity index (χ2v) is 9.56. The van der Waals surface area contributed by atoms with Gasteiger partial charge in [-0.2, -0.15) is 0 Å². The highest BCUT2D eigenvalue weighted by Crippen LogP contribution is 2.17. The molecule has 0 bridgehead atoms. The molecule has 1 aromatic carbocycles. The van der Waals surface area contributed by atoms with Crippen LogP contribution < -0.4 is 10.6 Å². The topological polar surface area (TPSA) is 70.6 Å². The molecule has 0 saturated carbocycles. The van der Waals surface area contributed by atoms with Crippen LogP contribution in [0, 0.1) is 11.2 Å². The van der Waals surface area contributed by atoms with E-state index < -0.39 is 15.7 Å².